The SMILES string of the molecule is [CH2-]CCC[CH-]CCO.[Ir+3].[c-]1c(-c2ccc3ccccc3n2)cccc1-c1ccc2ccccc2n1. The monoisotopic (exact) mass is 638 g/mol. The average Bonchev–Trinajstić information content (AvgIpc) is 2.91. The molecule has 4 heteroatoms. The van der Waals surface area contributed by atoms with Crippen LogP contribution in [0.5, 0.6) is 0 Å². The molecule has 35 heavy (non-hydrogen) atoms. The van der Waals surface area contributed by atoms with Crippen LogP contribution < -0.4 is 0 Å². The molecule has 5 rings (SSSR count). The summed E-state index contributed by atoms with van der Waals surface area (Å²) < 4.78 is 0. The van der Waals surface area contributed by atoms with Gasteiger partial charge in [0.05, 0.1) is 11.0 Å². The Morgan fingerprint density at radius 2 is 1.23 bits per heavy atom. The smallest absolute Gasteiger partial charge is 0.399 e. The average molecular weight is 638 g/mol. The predicted molar refractivity (Wildman–Crippen MR) is 142 cm³/mol. The summed E-state index contributed by atoms with van der Waals surface area (Å²) in [5.41, 5.74) is 5.78. The molecule has 0 spiro atoms. The zero-order valence-corrected chi connectivity index (χ0v) is 22.1. The van der Waals surface area contributed by atoms with E-state index in [1.807, 2.05) is 66.7 Å². The molecule has 0 saturated heterocycles. The molecule has 0 fully saturated rings. The molecule has 3 nitrogen and oxygen atoms in total. The van der Waals surface area contributed by atoms with E-state index in [0.717, 1.165) is 70.0 Å². The molecule has 0 saturated carbocycles. The molecule has 178 valence electrons. The van der Waals surface area contributed by atoms with E-state index in [0.29, 0.717) is 0 Å². The minimum Gasteiger partial charge on any atom is -0.399 e. The van der Waals surface area contributed by atoms with Crippen molar-refractivity contribution in [2.24, 2.45) is 0 Å². The van der Waals surface area contributed by atoms with E-state index in [-0.39, 0.29) is 26.7 Å². The van der Waals surface area contributed by atoms with Gasteiger partial charge in [-0.15, -0.1) is 30.7 Å². The quantitative estimate of drug-likeness (QED) is 0.149. The van der Waals surface area contributed by atoms with Crippen LogP contribution >= 0.6 is 0 Å². The third kappa shape index (κ3) is 7.29. The second-order valence-corrected chi connectivity index (χ2v) is 8.05. The molecule has 0 radical (unpaired) electrons. The van der Waals surface area contributed by atoms with Crippen molar-refractivity contribution >= 4 is 21.8 Å². The first-order chi connectivity index (χ1) is 16.8. The summed E-state index contributed by atoms with van der Waals surface area (Å²) in [6.07, 6.45) is 6.19. The van der Waals surface area contributed by atoms with Gasteiger partial charge < -0.3 is 18.5 Å². The fraction of sp³-hybridized carbons (Fsp3) is 0.161. The van der Waals surface area contributed by atoms with Crippen LogP contribution in [0.15, 0.2) is 91.0 Å². The van der Waals surface area contributed by atoms with Gasteiger partial charge in [0, 0.05) is 18.0 Å². The number of hydrogen-bond acceptors (Lipinski definition) is 3. The van der Waals surface area contributed by atoms with Gasteiger partial charge >= 0.3 is 20.1 Å². The van der Waals surface area contributed by atoms with E-state index >= 15 is 0 Å². The van der Waals surface area contributed by atoms with Crippen LogP contribution in [0.4, 0.5) is 0 Å². The molecular weight excluding hydrogens is 609 g/mol. The van der Waals surface area contributed by atoms with Crippen molar-refractivity contribution in [1.29, 1.82) is 0 Å². The first-order valence-electron chi connectivity index (χ1n) is 11.7. The van der Waals surface area contributed by atoms with E-state index in [4.69, 9.17) is 15.1 Å². The van der Waals surface area contributed by atoms with Crippen molar-refractivity contribution in [2.45, 2.75) is 25.7 Å². The number of fused-ring (bicyclic) bond motifs is 2. The Kier molecular flexibility index (Phi) is 10.6. The van der Waals surface area contributed by atoms with Crippen molar-refractivity contribution in [3.05, 3.63) is 110 Å². The predicted octanol–water partition coefficient (Wildman–Crippen LogP) is 7.49. The maximum Gasteiger partial charge on any atom is 3.00 e. The van der Waals surface area contributed by atoms with Gasteiger partial charge in [-0.25, -0.2) is 0 Å². The second kappa shape index (κ2) is 13.8. The van der Waals surface area contributed by atoms with Crippen LogP contribution in [0.25, 0.3) is 44.3 Å². The van der Waals surface area contributed by atoms with Crippen LogP contribution in [0.3, 0.4) is 0 Å². The summed E-state index contributed by atoms with van der Waals surface area (Å²) in [6.45, 7) is 3.99. The first-order valence-corrected chi connectivity index (χ1v) is 11.7. The van der Waals surface area contributed by atoms with E-state index in [1.165, 1.54) is 0 Å². The molecule has 2 heterocycles. The number of unbranched alkanes of at least 4 members (excludes halogenated alkanes) is 4. The topological polar surface area (TPSA) is 46.0 Å². The normalized spacial score (nSPS) is 10.5. The number of para-hydroxylation sites is 2. The van der Waals surface area contributed by atoms with Gasteiger partial charge in [-0.3, -0.25) is 9.97 Å². The zero-order chi connectivity index (χ0) is 23.6. The van der Waals surface area contributed by atoms with Gasteiger partial charge in [0.25, 0.3) is 0 Å². The third-order valence-electron chi connectivity index (χ3n) is 5.54. The minimum absolute atomic E-state index is 0. The fourth-order valence-corrected chi connectivity index (χ4v) is 3.72. The Labute approximate surface area is 221 Å². The van der Waals surface area contributed by atoms with Gasteiger partial charge in [0.1, 0.15) is 0 Å². The van der Waals surface area contributed by atoms with E-state index in [1.54, 1.807) is 0 Å². The Morgan fingerprint density at radius 1 is 0.686 bits per heavy atom. The number of aliphatic hydroxyl groups is 1. The number of aromatic nitrogens is 2. The summed E-state index contributed by atoms with van der Waals surface area (Å²) in [6, 6.07) is 34.2. The van der Waals surface area contributed by atoms with E-state index in [2.05, 4.69) is 43.7 Å². The number of benzene rings is 3. The standard InChI is InChI=1S/C24H15N2.C7H14O.Ir/c1-3-10-21-17(6-1)12-14-23(25-21)19-8-5-9-20(16-19)24-15-13-18-7-2-4-11-22(18)26-24;1-2-3-4-5-6-7-8;/h1-15H;5,8H,1-4,6-7H2;/q-1;-2;+3. The molecule has 0 bridgehead atoms. The maximum atomic E-state index is 8.32. The van der Waals surface area contributed by atoms with E-state index < -0.39 is 0 Å². The summed E-state index contributed by atoms with van der Waals surface area (Å²) in [7, 11) is 0. The summed E-state index contributed by atoms with van der Waals surface area (Å²) in [5, 5.41) is 10.6. The molecule has 0 aliphatic carbocycles. The Bertz CT molecular complexity index is 1250. The van der Waals surface area contributed by atoms with Crippen LogP contribution in [0, 0.1) is 19.4 Å². The van der Waals surface area contributed by atoms with Crippen LogP contribution in [-0.2, 0) is 20.1 Å². The molecule has 0 aliphatic heterocycles. The van der Waals surface area contributed by atoms with Gasteiger partial charge in [-0.1, -0.05) is 71.8 Å². The van der Waals surface area contributed by atoms with Crippen LogP contribution in [0.2, 0.25) is 0 Å². The molecule has 1 N–H and O–H groups in total. The minimum atomic E-state index is 0. The molecule has 0 aliphatic rings. The molecule has 0 unspecified atom stereocenters. The van der Waals surface area contributed by atoms with Gasteiger partial charge in [-0.05, 0) is 22.9 Å². The molecular formula is C31H29IrN2O. The van der Waals surface area contributed by atoms with Gasteiger partial charge in [0.2, 0.25) is 0 Å². The number of nitrogens with zero attached hydrogens (tertiary/aromatic N) is 2. The Balaban J connectivity index is 0.000000332. The second-order valence-electron chi connectivity index (χ2n) is 8.05. The van der Waals surface area contributed by atoms with Gasteiger partial charge in [-0.2, -0.15) is 19.3 Å². The molecule has 5 aromatic rings. The van der Waals surface area contributed by atoms with Crippen molar-refractivity contribution in [2.75, 3.05) is 6.61 Å². The summed E-state index contributed by atoms with van der Waals surface area (Å²) >= 11 is 0. The number of aliphatic hydroxyl groups excluding tert-OH is 1. The Hall–Kier alpha value is -2.91. The summed E-state index contributed by atoms with van der Waals surface area (Å²) in [4.78, 5) is 9.56. The zero-order valence-electron chi connectivity index (χ0n) is 19.7. The number of hydrogen-bond donors (Lipinski definition) is 1. The number of pyridine rings is 2. The molecule has 0 amide bonds. The largest absolute Gasteiger partial charge is 3.00 e. The van der Waals surface area contributed by atoms with Crippen molar-refractivity contribution < 1.29 is 25.2 Å². The van der Waals surface area contributed by atoms with Crippen LogP contribution in [0.1, 0.15) is 25.7 Å². The molecule has 3 aromatic carbocycles. The first kappa shape index (κ1) is 26.7. The van der Waals surface area contributed by atoms with Gasteiger partial charge in [0.15, 0.2) is 0 Å². The molecule has 0 atom stereocenters. The van der Waals surface area contributed by atoms with Crippen molar-refractivity contribution in [3.8, 4) is 22.5 Å². The van der Waals surface area contributed by atoms with Crippen molar-refractivity contribution in [3.63, 3.8) is 0 Å². The van der Waals surface area contributed by atoms with Crippen molar-refractivity contribution in [1.82, 2.24) is 9.97 Å². The Morgan fingerprint density at radius 3 is 1.74 bits per heavy atom. The summed E-state index contributed by atoms with van der Waals surface area (Å²) in [5.74, 6) is 0. The number of rotatable bonds is 7. The maximum absolute atomic E-state index is 8.32. The van der Waals surface area contributed by atoms with Crippen LogP contribution in [-0.4, -0.2) is 21.7 Å². The van der Waals surface area contributed by atoms with E-state index in [9.17, 15) is 0 Å². The molecule has 2 aromatic heterocycles. The fourth-order valence-electron chi connectivity index (χ4n) is 3.72. The third-order valence-corrected chi connectivity index (χ3v) is 5.54.